The van der Waals surface area contributed by atoms with Gasteiger partial charge in [0.25, 0.3) is 5.91 Å². The van der Waals surface area contributed by atoms with Crippen LogP contribution in [0.3, 0.4) is 0 Å². The average molecular weight is 443 g/mol. The van der Waals surface area contributed by atoms with E-state index in [2.05, 4.69) is 33.5 Å². The van der Waals surface area contributed by atoms with Crippen molar-refractivity contribution in [2.45, 2.75) is 71.9 Å². The first kappa shape index (κ1) is 23.8. The second kappa shape index (κ2) is 12.2. The fourth-order valence-electron chi connectivity index (χ4n) is 2.66. The molecule has 0 saturated carbocycles. The fraction of sp³-hybridized carbons (Fsp3) is 0.667. The van der Waals surface area contributed by atoms with Crippen molar-refractivity contribution >= 4 is 21.8 Å². The smallest absolute Gasteiger partial charge is 0.258 e. The van der Waals surface area contributed by atoms with Crippen LogP contribution in [0.2, 0.25) is 0 Å². The molecule has 154 valence electrons. The predicted molar refractivity (Wildman–Crippen MR) is 115 cm³/mol. The standard InChI is InChI=1S/C21H35BrN2O3/c1-6-7-8-9-10-11-23-14-16-12-18(26-5)19(13-17(16)22)27-15-20(25)24-21(2,3)4/h12-13,23H,6-11,14-15H2,1-5H3,(H,24,25). The van der Waals surface area contributed by atoms with Crippen molar-refractivity contribution in [1.82, 2.24) is 10.6 Å². The second-order valence-electron chi connectivity index (χ2n) is 7.77. The summed E-state index contributed by atoms with van der Waals surface area (Å²) in [5.41, 5.74) is 0.823. The molecule has 1 rings (SSSR count). The summed E-state index contributed by atoms with van der Waals surface area (Å²) in [5.74, 6) is 1.02. The molecule has 0 radical (unpaired) electrons. The lowest BCUT2D eigenvalue weighted by molar-refractivity contribution is -0.124. The van der Waals surface area contributed by atoms with Crippen molar-refractivity contribution in [2.75, 3.05) is 20.3 Å². The molecule has 0 aliphatic heterocycles. The highest BCUT2D eigenvalue weighted by molar-refractivity contribution is 9.10. The van der Waals surface area contributed by atoms with Gasteiger partial charge in [0.1, 0.15) is 0 Å². The zero-order chi connectivity index (χ0) is 20.3. The van der Waals surface area contributed by atoms with E-state index in [4.69, 9.17) is 9.47 Å². The molecule has 1 aromatic carbocycles. The molecule has 0 unspecified atom stereocenters. The summed E-state index contributed by atoms with van der Waals surface area (Å²) in [4.78, 5) is 12.0. The van der Waals surface area contributed by atoms with Crippen molar-refractivity contribution in [3.05, 3.63) is 22.2 Å². The summed E-state index contributed by atoms with van der Waals surface area (Å²) in [5, 5.41) is 6.35. The third-order valence-electron chi connectivity index (χ3n) is 3.98. The van der Waals surface area contributed by atoms with E-state index in [0.717, 1.165) is 23.1 Å². The van der Waals surface area contributed by atoms with Crippen LogP contribution in [-0.4, -0.2) is 31.7 Å². The van der Waals surface area contributed by atoms with Gasteiger partial charge in [0.15, 0.2) is 18.1 Å². The number of rotatable bonds is 12. The fourth-order valence-corrected chi connectivity index (χ4v) is 3.12. The maximum Gasteiger partial charge on any atom is 0.258 e. The quantitative estimate of drug-likeness (QED) is 0.455. The number of methoxy groups -OCH3 is 1. The van der Waals surface area contributed by atoms with Gasteiger partial charge >= 0.3 is 0 Å². The largest absolute Gasteiger partial charge is 0.493 e. The first-order valence-corrected chi connectivity index (χ1v) is 10.6. The Bertz CT molecular complexity index is 586. The molecule has 1 aromatic rings. The van der Waals surface area contributed by atoms with Crippen LogP contribution < -0.4 is 20.1 Å². The lowest BCUT2D eigenvalue weighted by Crippen LogP contribution is -2.43. The zero-order valence-corrected chi connectivity index (χ0v) is 19.0. The summed E-state index contributed by atoms with van der Waals surface area (Å²) >= 11 is 3.59. The van der Waals surface area contributed by atoms with Gasteiger partial charge in [0, 0.05) is 16.6 Å². The Hall–Kier alpha value is -1.27. The van der Waals surface area contributed by atoms with Gasteiger partial charge < -0.3 is 20.1 Å². The number of hydrogen-bond acceptors (Lipinski definition) is 4. The Balaban J connectivity index is 2.55. The predicted octanol–water partition coefficient (Wildman–Crippen LogP) is 4.81. The van der Waals surface area contributed by atoms with E-state index >= 15 is 0 Å². The molecule has 0 bridgehead atoms. The Kier molecular flexibility index (Phi) is 10.8. The van der Waals surface area contributed by atoms with Crippen molar-refractivity contribution in [2.24, 2.45) is 0 Å². The molecule has 0 saturated heterocycles. The highest BCUT2D eigenvalue weighted by atomic mass is 79.9. The molecule has 0 fully saturated rings. The minimum absolute atomic E-state index is 0.0462. The van der Waals surface area contributed by atoms with Gasteiger partial charge in [-0.05, 0) is 51.4 Å². The Morgan fingerprint density at radius 1 is 1.11 bits per heavy atom. The number of benzene rings is 1. The molecule has 0 atom stereocenters. The Morgan fingerprint density at radius 2 is 1.81 bits per heavy atom. The maximum absolute atomic E-state index is 12.0. The van der Waals surface area contributed by atoms with Crippen LogP contribution in [0, 0.1) is 0 Å². The minimum atomic E-state index is -0.281. The van der Waals surface area contributed by atoms with Crippen molar-refractivity contribution in [1.29, 1.82) is 0 Å². The molecule has 1 amide bonds. The van der Waals surface area contributed by atoms with Gasteiger partial charge in [0.05, 0.1) is 7.11 Å². The lowest BCUT2D eigenvalue weighted by atomic mass is 10.1. The maximum atomic E-state index is 12.0. The van der Waals surface area contributed by atoms with Crippen LogP contribution >= 0.6 is 15.9 Å². The van der Waals surface area contributed by atoms with Gasteiger partial charge in [-0.1, -0.05) is 48.5 Å². The van der Waals surface area contributed by atoms with E-state index in [1.54, 1.807) is 7.11 Å². The van der Waals surface area contributed by atoms with E-state index in [9.17, 15) is 4.79 Å². The number of ether oxygens (including phenoxy) is 2. The molecule has 2 N–H and O–H groups in total. The minimum Gasteiger partial charge on any atom is -0.493 e. The number of nitrogens with one attached hydrogen (secondary N) is 2. The summed E-state index contributed by atoms with van der Waals surface area (Å²) in [6.45, 7) is 9.76. The molecule has 0 spiro atoms. The van der Waals surface area contributed by atoms with Crippen molar-refractivity contribution < 1.29 is 14.3 Å². The van der Waals surface area contributed by atoms with Crippen LogP contribution in [0.4, 0.5) is 0 Å². The van der Waals surface area contributed by atoms with Gasteiger partial charge in [-0.25, -0.2) is 0 Å². The summed E-state index contributed by atoms with van der Waals surface area (Å²) in [7, 11) is 1.61. The average Bonchev–Trinajstić information content (AvgIpc) is 2.59. The summed E-state index contributed by atoms with van der Waals surface area (Å²) in [6.07, 6.45) is 6.36. The summed E-state index contributed by atoms with van der Waals surface area (Å²) in [6, 6.07) is 3.81. The van der Waals surface area contributed by atoms with Crippen LogP contribution in [0.25, 0.3) is 0 Å². The molecule has 27 heavy (non-hydrogen) atoms. The monoisotopic (exact) mass is 442 g/mol. The van der Waals surface area contributed by atoms with Crippen LogP contribution in [0.15, 0.2) is 16.6 Å². The SMILES string of the molecule is CCCCCCCNCc1cc(OC)c(OCC(=O)NC(C)(C)C)cc1Br. The molecule has 0 aliphatic carbocycles. The second-order valence-corrected chi connectivity index (χ2v) is 8.63. The van der Waals surface area contributed by atoms with Gasteiger partial charge in [-0.3, -0.25) is 4.79 Å². The van der Waals surface area contributed by atoms with Crippen molar-refractivity contribution in [3.63, 3.8) is 0 Å². The third-order valence-corrected chi connectivity index (χ3v) is 4.72. The molecule has 0 aromatic heterocycles. The van der Waals surface area contributed by atoms with E-state index in [1.165, 1.54) is 32.1 Å². The molecule has 0 aliphatic rings. The van der Waals surface area contributed by atoms with Gasteiger partial charge in [0.2, 0.25) is 0 Å². The third kappa shape index (κ3) is 10.0. The van der Waals surface area contributed by atoms with E-state index < -0.39 is 0 Å². The van der Waals surface area contributed by atoms with Crippen LogP contribution in [0.1, 0.15) is 65.4 Å². The number of amides is 1. The lowest BCUT2D eigenvalue weighted by Gasteiger charge is -2.21. The first-order chi connectivity index (χ1) is 12.8. The zero-order valence-electron chi connectivity index (χ0n) is 17.4. The first-order valence-electron chi connectivity index (χ1n) is 9.77. The number of carbonyl (C=O) groups excluding carboxylic acids is 1. The highest BCUT2D eigenvalue weighted by Crippen LogP contribution is 2.33. The van der Waals surface area contributed by atoms with Crippen LogP contribution in [-0.2, 0) is 11.3 Å². The molecular weight excluding hydrogens is 408 g/mol. The van der Waals surface area contributed by atoms with E-state index in [0.29, 0.717) is 11.5 Å². The topological polar surface area (TPSA) is 59.6 Å². The number of carbonyl (C=O) groups is 1. The molecular formula is C21H35BrN2O3. The highest BCUT2D eigenvalue weighted by Gasteiger charge is 2.16. The normalized spacial score (nSPS) is 11.3. The van der Waals surface area contributed by atoms with E-state index in [1.807, 2.05) is 32.9 Å². The molecule has 6 heteroatoms. The number of hydrogen-bond donors (Lipinski definition) is 2. The van der Waals surface area contributed by atoms with Crippen molar-refractivity contribution in [3.8, 4) is 11.5 Å². The summed E-state index contributed by atoms with van der Waals surface area (Å²) < 4.78 is 12.0. The van der Waals surface area contributed by atoms with E-state index in [-0.39, 0.29) is 18.1 Å². The Labute approximate surface area is 172 Å². The number of halogens is 1. The molecule has 0 heterocycles. The van der Waals surface area contributed by atoms with Crippen LogP contribution in [0.5, 0.6) is 11.5 Å². The number of unbranched alkanes of at least 4 members (excludes halogenated alkanes) is 4. The Morgan fingerprint density at radius 3 is 2.44 bits per heavy atom. The van der Waals surface area contributed by atoms with Gasteiger partial charge in [-0.2, -0.15) is 0 Å². The molecule has 5 nitrogen and oxygen atoms in total. The van der Waals surface area contributed by atoms with Gasteiger partial charge in [-0.15, -0.1) is 0 Å².